The number of urea groups is 1. The molecule has 3 amide bonds. The van der Waals surface area contributed by atoms with E-state index >= 15 is 0 Å². The maximum Gasteiger partial charge on any atom is 0.319 e. The Morgan fingerprint density at radius 3 is 2.66 bits per heavy atom. The number of amides is 3. The average molecular weight is 393 g/mol. The fourth-order valence-electron chi connectivity index (χ4n) is 2.94. The largest absolute Gasteiger partial charge is 0.355 e. The zero-order valence-electron chi connectivity index (χ0n) is 17.2. The molecule has 3 N–H and O–H groups in total. The fraction of sp³-hybridized carbons (Fsp3) is 0.318. The molecule has 2 heterocycles. The molecule has 0 saturated heterocycles. The molecule has 29 heavy (non-hydrogen) atoms. The van der Waals surface area contributed by atoms with E-state index in [2.05, 4.69) is 41.7 Å². The van der Waals surface area contributed by atoms with E-state index in [-0.39, 0.29) is 17.4 Å². The maximum atomic E-state index is 12.3. The van der Waals surface area contributed by atoms with Gasteiger partial charge in [-0.15, -0.1) is 0 Å². The van der Waals surface area contributed by atoms with Crippen LogP contribution in [0.2, 0.25) is 0 Å². The van der Waals surface area contributed by atoms with Crippen molar-refractivity contribution < 1.29 is 9.59 Å². The molecule has 3 rings (SSSR count). The van der Waals surface area contributed by atoms with E-state index in [4.69, 9.17) is 0 Å². The van der Waals surface area contributed by atoms with Crippen LogP contribution in [0.3, 0.4) is 0 Å². The summed E-state index contributed by atoms with van der Waals surface area (Å²) in [6.45, 7) is 6.90. The van der Waals surface area contributed by atoms with E-state index < -0.39 is 0 Å². The smallest absolute Gasteiger partial charge is 0.319 e. The number of carbonyl (C=O) groups is 2. The highest BCUT2D eigenvalue weighted by atomic mass is 16.2. The summed E-state index contributed by atoms with van der Waals surface area (Å²) in [6, 6.07) is 9.44. The predicted octanol–water partition coefficient (Wildman–Crippen LogP) is 3.46. The third-order valence-electron chi connectivity index (χ3n) is 4.40. The minimum absolute atomic E-state index is 0.00380. The summed E-state index contributed by atoms with van der Waals surface area (Å²) in [7, 11) is 1.57. The highest BCUT2D eigenvalue weighted by Gasteiger charge is 2.13. The van der Waals surface area contributed by atoms with Gasteiger partial charge in [-0.05, 0) is 22.6 Å². The highest BCUT2D eigenvalue weighted by Crippen LogP contribution is 2.26. The molecule has 7 heteroatoms. The number of aromatic nitrogens is 2. The first-order chi connectivity index (χ1) is 13.7. The van der Waals surface area contributed by atoms with Crippen LogP contribution in [0.5, 0.6) is 0 Å². The monoisotopic (exact) mass is 393 g/mol. The van der Waals surface area contributed by atoms with E-state index in [0.29, 0.717) is 24.3 Å². The van der Waals surface area contributed by atoms with Crippen molar-refractivity contribution in [3.63, 3.8) is 0 Å². The molecule has 0 aliphatic heterocycles. The van der Waals surface area contributed by atoms with Crippen molar-refractivity contribution in [3.8, 4) is 11.1 Å². The molecule has 0 aliphatic rings. The van der Waals surface area contributed by atoms with Crippen LogP contribution in [0.15, 0.2) is 48.9 Å². The molecule has 0 unspecified atom stereocenters. The quantitative estimate of drug-likeness (QED) is 0.620. The third-order valence-corrected chi connectivity index (χ3v) is 4.40. The van der Waals surface area contributed by atoms with E-state index in [9.17, 15) is 9.59 Å². The molecular weight excluding hydrogens is 366 g/mol. The minimum atomic E-state index is -0.309. The van der Waals surface area contributed by atoms with Gasteiger partial charge in [0.2, 0.25) is 5.91 Å². The second kappa shape index (κ2) is 8.34. The molecule has 0 spiro atoms. The predicted molar refractivity (Wildman–Crippen MR) is 115 cm³/mol. The van der Waals surface area contributed by atoms with Gasteiger partial charge in [0.15, 0.2) is 5.65 Å². The number of hydrogen-bond acceptors (Lipinski definition) is 3. The van der Waals surface area contributed by atoms with E-state index in [1.54, 1.807) is 13.2 Å². The normalized spacial score (nSPS) is 11.3. The van der Waals surface area contributed by atoms with Crippen LogP contribution < -0.4 is 16.0 Å². The molecule has 0 bridgehead atoms. The summed E-state index contributed by atoms with van der Waals surface area (Å²) in [5, 5.41) is 8.34. The molecule has 152 valence electrons. The summed E-state index contributed by atoms with van der Waals surface area (Å²) >= 11 is 0. The Kier molecular flexibility index (Phi) is 5.87. The van der Waals surface area contributed by atoms with Gasteiger partial charge in [0.05, 0.1) is 12.1 Å². The van der Waals surface area contributed by atoms with E-state index in [0.717, 1.165) is 16.7 Å². The summed E-state index contributed by atoms with van der Waals surface area (Å²) in [5.41, 5.74) is 4.13. The first kappa shape index (κ1) is 20.4. The van der Waals surface area contributed by atoms with Gasteiger partial charge < -0.3 is 20.4 Å². The van der Waals surface area contributed by atoms with Crippen LogP contribution in [-0.4, -0.2) is 34.9 Å². The zero-order valence-corrected chi connectivity index (χ0v) is 17.2. The Hall–Kier alpha value is -3.35. The summed E-state index contributed by atoms with van der Waals surface area (Å²) in [4.78, 5) is 28.4. The molecule has 0 radical (unpaired) electrons. The highest BCUT2D eigenvalue weighted by molar-refractivity contribution is 5.94. The molecule has 0 fully saturated rings. The lowest BCUT2D eigenvalue weighted by Crippen LogP contribution is -2.33. The van der Waals surface area contributed by atoms with Crippen molar-refractivity contribution in [1.29, 1.82) is 0 Å². The average Bonchev–Trinajstić information content (AvgIpc) is 3.15. The second-order valence-electron chi connectivity index (χ2n) is 8.22. The lowest BCUT2D eigenvalue weighted by molar-refractivity contribution is -0.120. The third kappa shape index (κ3) is 5.34. The number of carbonyl (C=O) groups excluding carboxylic acids is 2. The number of hydrogen-bond donors (Lipinski definition) is 3. The number of fused-ring (bicyclic) bond motifs is 1. The first-order valence-corrected chi connectivity index (χ1v) is 9.56. The van der Waals surface area contributed by atoms with Crippen molar-refractivity contribution in [1.82, 2.24) is 20.0 Å². The topological polar surface area (TPSA) is 87.5 Å². The van der Waals surface area contributed by atoms with Gasteiger partial charge in [-0.1, -0.05) is 45.0 Å². The van der Waals surface area contributed by atoms with Gasteiger partial charge >= 0.3 is 6.03 Å². The summed E-state index contributed by atoms with van der Waals surface area (Å²) in [5.74, 6) is 0.00380. The summed E-state index contributed by atoms with van der Waals surface area (Å²) in [6.07, 6.45) is 5.79. The van der Waals surface area contributed by atoms with Crippen LogP contribution in [0.1, 0.15) is 26.3 Å². The minimum Gasteiger partial charge on any atom is -0.355 e. The van der Waals surface area contributed by atoms with Crippen molar-refractivity contribution in [2.24, 2.45) is 5.41 Å². The van der Waals surface area contributed by atoms with Gasteiger partial charge in [-0.3, -0.25) is 4.79 Å². The summed E-state index contributed by atoms with van der Waals surface area (Å²) < 4.78 is 1.86. The van der Waals surface area contributed by atoms with Crippen LogP contribution in [0.4, 0.5) is 10.5 Å². The van der Waals surface area contributed by atoms with E-state index in [1.165, 1.54) is 0 Å². The molecule has 1 aromatic carbocycles. The molecule has 0 saturated carbocycles. The number of anilines is 1. The Balaban J connectivity index is 1.85. The number of pyridine rings is 1. The molecule has 2 aromatic heterocycles. The Bertz CT molecular complexity index is 1030. The number of nitrogens with one attached hydrogen (secondary N) is 3. The Labute approximate surface area is 170 Å². The first-order valence-electron chi connectivity index (χ1n) is 9.56. The molecule has 3 aromatic rings. The number of rotatable bonds is 5. The lowest BCUT2D eigenvalue weighted by atomic mass is 9.97. The fourth-order valence-corrected chi connectivity index (χ4v) is 2.94. The maximum absolute atomic E-state index is 12.3. The number of benzene rings is 1. The Morgan fingerprint density at radius 1 is 1.14 bits per heavy atom. The van der Waals surface area contributed by atoms with Crippen molar-refractivity contribution >= 4 is 23.3 Å². The van der Waals surface area contributed by atoms with Gasteiger partial charge in [0, 0.05) is 37.7 Å². The molecule has 0 aliphatic carbocycles. The van der Waals surface area contributed by atoms with Gasteiger partial charge in [0.1, 0.15) is 0 Å². The van der Waals surface area contributed by atoms with Gasteiger partial charge in [0.25, 0.3) is 0 Å². The van der Waals surface area contributed by atoms with Crippen LogP contribution >= 0.6 is 0 Å². The molecule has 0 atom stereocenters. The van der Waals surface area contributed by atoms with Crippen molar-refractivity contribution in [2.45, 2.75) is 27.2 Å². The van der Waals surface area contributed by atoms with Crippen LogP contribution in [0.25, 0.3) is 16.8 Å². The standard InChI is InChI=1S/C22H27N5O2/c1-22(2,3)14-25-19(28)11-15-6-5-7-16(10-15)17-12-18(26-21(29)23-4)20-24-8-9-27(20)13-17/h5-10,12-13H,11,14H2,1-4H3,(H,25,28)(H2,23,26,29). The van der Waals surface area contributed by atoms with E-state index in [1.807, 2.05) is 47.1 Å². The van der Waals surface area contributed by atoms with Crippen molar-refractivity contribution in [2.75, 3.05) is 18.9 Å². The number of imidazole rings is 1. The van der Waals surface area contributed by atoms with Crippen LogP contribution in [-0.2, 0) is 11.2 Å². The van der Waals surface area contributed by atoms with Gasteiger partial charge in [-0.2, -0.15) is 0 Å². The van der Waals surface area contributed by atoms with Gasteiger partial charge in [-0.25, -0.2) is 9.78 Å². The molecule has 7 nitrogen and oxygen atoms in total. The van der Waals surface area contributed by atoms with Crippen molar-refractivity contribution in [3.05, 3.63) is 54.5 Å². The lowest BCUT2D eigenvalue weighted by Gasteiger charge is -2.18. The second-order valence-corrected chi connectivity index (χ2v) is 8.22. The zero-order chi connectivity index (χ0) is 21.0. The SMILES string of the molecule is CNC(=O)Nc1cc(-c2cccc(CC(=O)NCC(C)(C)C)c2)cn2ccnc12. The van der Waals surface area contributed by atoms with Crippen LogP contribution in [0, 0.1) is 5.41 Å². The Morgan fingerprint density at radius 2 is 1.93 bits per heavy atom. The molecular formula is C22H27N5O2. The number of nitrogens with zero attached hydrogens (tertiary/aromatic N) is 2.